The minimum Gasteiger partial charge on any atom is -0.508 e. The Morgan fingerprint density at radius 1 is 1.24 bits per heavy atom. The van der Waals surface area contributed by atoms with Crippen LogP contribution in [0.5, 0.6) is 5.75 Å². The van der Waals surface area contributed by atoms with Gasteiger partial charge in [0.1, 0.15) is 5.75 Å². The second-order valence-electron chi connectivity index (χ2n) is 9.43. The number of fused-ring (bicyclic) bond motifs is 5. The largest absolute Gasteiger partial charge is 0.508 e. The molecule has 5 nitrogen and oxygen atoms in total. The summed E-state index contributed by atoms with van der Waals surface area (Å²) < 4.78 is 1.82. The molecule has 29 heavy (non-hydrogen) atoms. The lowest BCUT2D eigenvalue weighted by Gasteiger charge is -2.49. The van der Waals surface area contributed by atoms with Crippen LogP contribution >= 0.6 is 0 Å². The summed E-state index contributed by atoms with van der Waals surface area (Å²) in [5.74, 6) is 2.46. The van der Waals surface area contributed by atoms with Crippen molar-refractivity contribution in [3.05, 3.63) is 46.8 Å². The molecule has 1 N–H and O–H groups in total. The van der Waals surface area contributed by atoms with E-state index in [4.69, 9.17) is 5.10 Å². The number of nitrogens with zero attached hydrogens (tertiary/aromatic N) is 4. The second-order valence-corrected chi connectivity index (χ2v) is 9.43. The van der Waals surface area contributed by atoms with Gasteiger partial charge in [-0.2, -0.15) is 15.3 Å². The van der Waals surface area contributed by atoms with Gasteiger partial charge in [0.2, 0.25) is 0 Å². The number of aromatic nitrogens is 2. The van der Waals surface area contributed by atoms with E-state index in [1.54, 1.807) is 0 Å². The Bertz CT molecular complexity index is 1000. The van der Waals surface area contributed by atoms with Crippen molar-refractivity contribution in [2.75, 3.05) is 0 Å². The predicted molar refractivity (Wildman–Crippen MR) is 116 cm³/mol. The van der Waals surface area contributed by atoms with E-state index in [0.717, 1.165) is 30.0 Å². The average molecular weight is 391 g/mol. The van der Waals surface area contributed by atoms with Crippen LogP contribution in [0.25, 0.3) is 0 Å². The fraction of sp³-hybridized carbons (Fsp3) is 0.542. The Morgan fingerprint density at radius 2 is 2.10 bits per heavy atom. The maximum absolute atomic E-state index is 9.86. The summed E-state index contributed by atoms with van der Waals surface area (Å²) in [6.45, 7) is 4.43. The van der Waals surface area contributed by atoms with Crippen molar-refractivity contribution < 1.29 is 5.11 Å². The van der Waals surface area contributed by atoms with Crippen molar-refractivity contribution in [2.45, 2.75) is 58.3 Å². The summed E-state index contributed by atoms with van der Waals surface area (Å²) in [5.41, 5.74) is 6.33. The first kappa shape index (κ1) is 18.6. The van der Waals surface area contributed by atoms with Gasteiger partial charge in [0.05, 0.1) is 11.9 Å². The first-order chi connectivity index (χ1) is 14.0. The number of hydrogen-bond donors (Lipinski definition) is 1. The van der Waals surface area contributed by atoms with Crippen molar-refractivity contribution in [2.24, 2.45) is 34.5 Å². The molecule has 5 heteroatoms. The number of hydrogen-bond acceptors (Lipinski definition) is 4. The molecule has 2 fully saturated rings. The van der Waals surface area contributed by atoms with E-state index < -0.39 is 0 Å². The summed E-state index contributed by atoms with van der Waals surface area (Å²) in [5, 5.41) is 23.4. The van der Waals surface area contributed by atoms with E-state index in [-0.39, 0.29) is 5.41 Å². The molecule has 2 aromatic rings. The third kappa shape index (κ3) is 3.02. The maximum Gasteiger partial charge on any atom is 0.115 e. The highest BCUT2D eigenvalue weighted by Crippen LogP contribution is 2.60. The standard InChI is InChI=1S/C24H30N4O/c1-15-17(14-28(3)27-15)13-25-26-23-9-8-22-21-6-4-16-12-18(29)5-7-19(16)20(21)10-11-24(22,23)2/h5,7,12-14,20-22,29H,4,6,8-11H2,1-3H3/t20-,21+,22+,24-/m0/s1. The van der Waals surface area contributed by atoms with Gasteiger partial charge in [-0.25, -0.2) is 0 Å². The molecule has 3 aliphatic carbocycles. The molecular weight excluding hydrogens is 360 g/mol. The zero-order chi connectivity index (χ0) is 20.2. The Labute approximate surface area is 172 Å². The van der Waals surface area contributed by atoms with Gasteiger partial charge in [0.25, 0.3) is 0 Å². The molecule has 0 radical (unpaired) electrons. The van der Waals surface area contributed by atoms with Crippen LogP contribution in [-0.4, -0.2) is 26.8 Å². The number of rotatable bonds is 2. The fourth-order valence-corrected chi connectivity index (χ4v) is 6.43. The summed E-state index contributed by atoms with van der Waals surface area (Å²) in [6, 6.07) is 6.02. The lowest BCUT2D eigenvalue weighted by Crippen LogP contribution is -2.42. The SMILES string of the molecule is Cc1nn(C)cc1C=NN=C1CC[C@@H]2[C@@H]3CCc4cc(O)ccc4[C@@H]3CC[C@]12C. The zero-order valence-electron chi connectivity index (χ0n) is 17.6. The molecule has 2 saturated carbocycles. The molecule has 4 atom stereocenters. The van der Waals surface area contributed by atoms with Crippen LogP contribution in [0.4, 0.5) is 0 Å². The van der Waals surface area contributed by atoms with Crippen LogP contribution in [0.15, 0.2) is 34.6 Å². The van der Waals surface area contributed by atoms with E-state index >= 15 is 0 Å². The molecule has 0 spiro atoms. The third-order valence-corrected chi connectivity index (χ3v) is 7.88. The molecule has 1 aromatic carbocycles. The topological polar surface area (TPSA) is 62.8 Å². The summed E-state index contributed by atoms with van der Waals surface area (Å²) >= 11 is 0. The number of phenols is 1. The fourth-order valence-electron chi connectivity index (χ4n) is 6.43. The van der Waals surface area contributed by atoms with Crippen molar-refractivity contribution in [1.82, 2.24) is 9.78 Å². The van der Waals surface area contributed by atoms with Crippen LogP contribution < -0.4 is 0 Å². The van der Waals surface area contributed by atoms with Crippen molar-refractivity contribution in [3.8, 4) is 5.75 Å². The molecule has 0 bridgehead atoms. The molecule has 152 valence electrons. The zero-order valence-corrected chi connectivity index (χ0v) is 17.6. The smallest absolute Gasteiger partial charge is 0.115 e. The summed E-state index contributed by atoms with van der Waals surface area (Å²) in [7, 11) is 1.93. The number of aryl methyl sites for hydroxylation is 3. The monoisotopic (exact) mass is 390 g/mol. The van der Waals surface area contributed by atoms with Gasteiger partial charge >= 0.3 is 0 Å². The van der Waals surface area contributed by atoms with Gasteiger partial charge in [0.15, 0.2) is 0 Å². The highest BCUT2D eigenvalue weighted by molar-refractivity contribution is 5.93. The van der Waals surface area contributed by atoms with Gasteiger partial charge in [0, 0.05) is 29.9 Å². The van der Waals surface area contributed by atoms with Crippen LogP contribution in [0.2, 0.25) is 0 Å². The number of phenolic OH excluding ortho intramolecular Hbond substituents is 1. The van der Waals surface area contributed by atoms with Crippen molar-refractivity contribution >= 4 is 11.9 Å². The molecule has 0 aliphatic heterocycles. The van der Waals surface area contributed by atoms with Gasteiger partial charge < -0.3 is 5.11 Å². The van der Waals surface area contributed by atoms with Gasteiger partial charge in [-0.05, 0) is 86.5 Å². The quantitative estimate of drug-likeness (QED) is 0.593. The highest BCUT2D eigenvalue weighted by Gasteiger charge is 2.53. The molecule has 0 amide bonds. The number of benzene rings is 1. The van der Waals surface area contributed by atoms with Gasteiger partial charge in [-0.1, -0.05) is 13.0 Å². The van der Waals surface area contributed by atoms with E-state index in [9.17, 15) is 5.11 Å². The molecule has 1 aromatic heterocycles. The average Bonchev–Trinajstić information content (AvgIpc) is 3.19. The molecule has 5 rings (SSSR count). The van der Waals surface area contributed by atoms with Crippen LogP contribution in [-0.2, 0) is 13.5 Å². The van der Waals surface area contributed by atoms with Gasteiger partial charge in [-0.15, -0.1) is 0 Å². The first-order valence-electron chi connectivity index (χ1n) is 10.9. The highest BCUT2D eigenvalue weighted by atomic mass is 16.3. The van der Waals surface area contributed by atoms with E-state index in [2.05, 4.69) is 23.2 Å². The Morgan fingerprint density at radius 3 is 2.90 bits per heavy atom. The molecule has 3 aliphatic rings. The minimum atomic E-state index is 0.177. The normalized spacial score (nSPS) is 32.4. The molecular formula is C24H30N4O. The van der Waals surface area contributed by atoms with Crippen LogP contribution in [0, 0.1) is 24.2 Å². The lowest BCUT2D eigenvalue weighted by molar-refractivity contribution is 0.0955. The molecule has 0 unspecified atom stereocenters. The predicted octanol–water partition coefficient (Wildman–Crippen LogP) is 4.77. The summed E-state index contributed by atoms with van der Waals surface area (Å²) in [6.07, 6.45) is 10.8. The van der Waals surface area contributed by atoms with E-state index in [1.807, 2.05) is 43.2 Å². The van der Waals surface area contributed by atoms with E-state index in [0.29, 0.717) is 17.6 Å². The van der Waals surface area contributed by atoms with Gasteiger partial charge in [-0.3, -0.25) is 4.68 Å². The van der Waals surface area contributed by atoms with Crippen LogP contribution in [0.3, 0.4) is 0 Å². The molecule has 1 heterocycles. The minimum absolute atomic E-state index is 0.177. The number of aromatic hydroxyl groups is 1. The first-order valence-corrected chi connectivity index (χ1v) is 10.9. The Kier molecular flexibility index (Phi) is 4.37. The summed E-state index contributed by atoms with van der Waals surface area (Å²) in [4.78, 5) is 0. The van der Waals surface area contributed by atoms with Crippen LogP contribution in [0.1, 0.15) is 67.3 Å². The van der Waals surface area contributed by atoms with Crippen molar-refractivity contribution in [1.29, 1.82) is 0 Å². The van der Waals surface area contributed by atoms with E-state index in [1.165, 1.54) is 42.5 Å². The molecule has 0 saturated heterocycles. The maximum atomic E-state index is 9.86. The van der Waals surface area contributed by atoms with Crippen molar-refractivity contribution in [3.63, 3.8) is 0 Å². The lowest BCUT2D eigenvalue weighted by atomic mass is 9.55. The Hall–Kier alpha value is -2.43. The third-order valence-electron chi connectivity index (χ3n) is 7.88. The Balaban J connectivity index is 1.39. The second kappa shape index (κ2) is 6.82.